The molecule has 302 valence electrons. The number of benzene rings is 1. The quantitative estimate of drug-likeness (QED) is 0.155. The Kier molecular flexibility index (Phi) is 12.6. The summed E-state index contributed by atoms with van der Waals surface area (Å²) in [6.45, 7) is 2.14. The molecule has 1 aromatic carbocycles. The van der Waals surface area contributed by atoms with Gasteiger partial charge >= 0.3 is 53.6 Å². The smallest absolute Gasteiger partial charge is 0.194 e. The van der Waals surface area contributed by atoms with Crippen molar-refractivity contribution in [2.24, 2.45) is 17.8 Å². The van der Waals surface area contributed by atoms with Gasteiger partial charge in [-0.1, -0.05) is 89.0 Å². The maximum atomic E-state index is 14.8. The van der Waals surface area contributed by atoms with E-state index in [0.29, 0.717) is 37.5 Å². The second kappa shape index (κ2) is 14.9. The summed E-state index contributed by atoms with van der Waals surface area (Å²) in [5.74, 6) is -65.3. The first-order chi connectivity index (χ1) is 23.5. The van der Waals surface area contributed by atoms with Crippen LogP contribution >= 0.6 is 0 Å². The molecular formula is C33H37F19. The van der Waals surface area contributed by atoms with E-state index < -0.39 is 59.1 Å². The number of alkyl halides is 19. The number of unbranched alkanes of at least 4 members (excludes halogenated alkanes) is 1. The zero-order valence-electron chi connectivity index (χ0n) is 27.5. The van der Waals surface area contributed by atoms with Gasteiger partial charge in [-0.3, -0.25) is 0 Å². The number of rotatable bonds is 15. The van der Waals surface area contributed by atoms with Crippen LogP contribution in [0.15, 0.2) is 24.3 Å². The monoisotopic (exact) mass is 794 g/mol. The molecule has 19 heteroatoms. The highest BCUT2D eigenvalue weighted by molar-refractivity contribution is 5.31. The third-order valence-corrected chi connectivity index (χ3v) is 10.6. The second-order valence-electron chi connectivity index (χ2n) is 14.0. The summed E-state index contributed by atoms with van der Waals surface area (Å²) >= 11 is 0. The van der Waals surface area contributed by atoms with Crippen molar-refractivity contribution in [3.8, 4) is 0 Å². The molecule has 3 rings (SSSR count). The van der Waals surface area contributed by atoms with Gasteiger partial charge in [0.25, 0.3) is 0 Å². The van der Waals surface area contributed by atoms with Crippen molar-refractivity contribution in [1.29, 1.82) is 0 Å². The third-order valence-electron chi connectivity index (χ3n) is 10.6. The zero-order valence-corrected chi connectivity index (χ0v) is 27.5. The molecule has 0 atom stereocenters. The summed E-state index contributed by atoms with van der Waals surface area (Å²) in [7, 11) is 0. The second-order valence-corrected chi connectivity index (χ2v) is 14.0. The van der Waals surface area contributed by atoms with E-state index in [4.69, 9.17) is 0 Å². The fraction of sp³-hybridized carbons (Fsp3) is 0.818. The topological polar surface area (TPSA) is 0 Å². The first-order valence-corrected chi connectivity index (χ1v) is 16.6. The molecular weight excluding hydrogens is 757 g/mol. The Morgan fingerprint density at radius 3 is 1.12 bits per heavy atom. The number of halogens is 19. The molecule has 0 aromatic heterocycles. The lowest BCUT2D eigenvalue weighted by Gasteiger charge is -2.43. The van der Waals surface area contributed by atoms with Gasteiger partial charge in [-0.05, 0) is 54.9 Å². The molecule has 0 unspecified atom stereocenters. The third kappa shape index (κ3) is 7.45. The fourth-order valence-electron chi connectivity index (χ4n) is 7.06. The van der Waals surface area contributed by atoms with Gasteiger partial charge in [-0.25, -0.2) is 0 Å². The minimum absolute atomic E-state index is 0.0329. The molecule has 0 radical (unpaired) electrons. The van der Waals surface area contributed by atoms with Crippen LogP contribution in [0.5, 0.6) is 0 Å². The van der Waals surface area contributed by atoms with Crippen LogP contribution in [0.4, 0.5) is 83.4 Å². The molecule has 0 aliphatic heterocycles. The van der Waals surface area contributed by atoms with Crippen molar-refractivity contribution in [2.75, 3.05) is 0 Å². The van der Waals surface area contributed by atoms with Crippen LogP contribution in [0.3, 0.4) is 0 Å². The molecule has 0 spiro atoms. The molecule has 0 bridgehead atoms. The summed E-state index contributed by atoms with van der Waals surface area (Å²) in [5.41, 5.74) is -2.04. The molecule has 52 heavy (non-hydrogen) atoms. The molecule has 2 aliphatic rings. The minimum Gasteiger partial charge on any atom is -0.194 e. The van der Waals surface area contributed by atoms with Crippen LogP contribution in [-0.2, 0) is 5.92 Å². The Hall–Kier alpha value is -2.11. The summed E-state index contributed by atoms with van der Waals surface area (Å²) in [6.07, 6.45) is 4.70. The number of hydrogen-bond donors (Lipinski definition) is 0. The zero-order chi connectivity index (χ0) is 40.0. The number of hydrogen-bond acceptors (Lipinski definition) is 0. The lowest BCUT2D eigenvalue weighted by molar-refractivity contribution is -0.469. The molecule has 1 aromatic rings. The van der Waals surface area contributed by atoms with Crippen molar-refractivity contribution >= 4 is 0 Å². The molecule has 0 nitrogen and oxygen atoms in total. The average molecular weight is 795 g/mol. The highest BCUT2D eigenvalue weighted by Crippen LogP contribution is 2.66. The van der Waals surface area contributed by atoms with Crippen molar-refractivity contribution in [3.63, 3.8) is 0 Å². The van der Waals surface area contributed by atoms with Crippen LogP contribution in [0.1, 0.15) is 107 Å². The van der Waals surface area contributed by atoms with Crippen LogP contribution in [0.2, 0.25) is 0 Å². The molecule has 0 heterocycles. The molecule has 0 amide bonds. The van der Waals surface area contributed by atoms with Crippen molar-refractivity contribution < 1.29 is 83.4 Å². The van der Waals surface area contributed by atoms with Gasteiger partial charge in [0, 0.05) is 5.56 Å². The maximum absolute atomic E-state index is 14.8. The minimum atomic E-state index is -8.92. The molecule has 2 aliphatic carbocycles. The van der Waals surface area contributed by atoms with Gasteiger partial charge in [0.15, 0.2) is 0 Å². The van der Waals surface area contributed by atoms with E-state index in [2.05, 4.69) is 6.92 Å². The van der Waals surface area contributed by atoms with E-state index in [1.807, 2.05) is 0 Å². The summed E-state index contributed by atoms with van der Waals surface area (Å²) < 4.78 is 260. The van der Waals surface area contributed by atoms with E-state index in [9.17, 15) is 83.4 Å². The highest BCUT2D eigenvalue weighted by atomic mass is 19.4. The predicted octanol–water partition coefficient (Wildman–Crippen LogP) is 13.8. The van der Waals surface area contributed by atoms with Crippen molar-refractivity contribution in [3.05, 3.63) is 35.4 Å². The standard InChI is InChI=1S/C33H37F19/c1-2-3-4-19-5-7-20(8-6-19)9-10-21-11-13-22(14-12-21)23-15-17-24(18-16-23)25(34,35)26(36,37)27(38,39)28(40,41)29(42,43)30(44,45)31(46,47)32(48,49)33(50,51)52/h15-22H,2-14H2,1H3/t19-,20-,21-,22-. The SMILES string of the molecule is CCCC[C@H]1CC[C@H](CC[C@H]2CC[C@H](c3ccc(C(F)(F)C(F)(F)C(F)(F)C(F)(F)C(F)(F)C(F)(F)C(F)(F)C(F)(F)C(F)(F)F)cc3)CC2)CC1. The summed E-state index contributed by atoms with van der Waals surface area (Å²) in [5, 5.41) is 0. The van der Waals surface area contributed by atoms with Gasteiger partial charge < -0.3 is 0 Å². The summed E-state index contributed by atoms with van der Waals surface area (Å²) in [4.78, 5) is 0. The highest BCUT2D eigenvalue weighted by Gasteiger charge is 2.96. The molecule has 0 N–H and O–H groups in total. The van der Waals surface area contributed by atoms with E-state index in [0.717, 1.165) is 50.2 Å². The maximum Gasteiger partial charge on any atom is 0.460 e. The fourth-order valence-corrected chi connectivity index (χ4v) is 7.06. The molecule has 0 saturated heterocycles. The van der Waals surface area contributed by atoms with E-state index in [-0.39, 0.29) is 23.6 Å². The Bertz CT molecular complexity index is 1300. The Labute approximate surface area is 286 Å². The predicted molar refractivity (Wildman–Crippen MR) is 150 cm³/mol. The van der Waals surface area contributed by atoms with Crippen LogP contribution in [0, 0.1) is 17.8 Å². The lowest BCUT2D eigenvalue weighted by atomic mass is 9.74. The first kappa shape index (κ1) is 44.3. The Balaban J connectivity index is 1.72. The first-order valence-electron chi connectivity index (χ1n) is 16.6. The summed E-state index contributed by atoms with van der Waals surface area (Å²) in [6, 6.07) is 1.51. The van der Waals surface area contributed by atoms with Gasteiger partial charge in [0.1, 0.15) is 0 Å². The van der Waals surface area contributed by atoms with Gasteiger partial charge in [-0.2, -0.15) is 83.4 Å². The van der Waals surface area contributed by atoms with Gasteiger partial charge in [-0.15, -0.1) is 0 Å². The van der Waals surface area contributed by atoms with Crippen LogP contribution in [0.25, 0.3) is 0 Å². The Morgan fingerprint density at radius 1 is 0.423 bits per heavy atom. The van der Waals surface area contributed by atoms with Crippen molar-refractivity contribution in [1.82, 2.24) is 0 Å². The largest absolute Gasteiger partial charge is 0.460 e. The molecule has 2 saturated carbocycles. The van der Waals surface area contributed by atoms with Crippen LogP contribution in [-0.4, -0.2) is 47.6 Å². The van der Waals surface area contributed by atoms with E-state index in [1.54, 1.807) is 0 Å². The van der Waals surface area contributed by atoms with Gasteiger partial charge in [0.2, 0.25) is 0 Å². The van der Waals surface area contributed by atoms with Crippen LogP contribution < -0.4 is 0 Å². The van der Waals surface area contributed by atoms with Gasteiger partial charge in [0.05, 0.1) is 0 Å². The van der Waals surface area contributed by atoms with E-state index in [1.165, 1.54) is 25.7 Å². The Morgan fingerprint density at radius 2 is 0.750 bits per heavy atom. The normalized spacial score (nSPS) is 23.9. The average Bonchev–Trinajstić information content (AvgIpc) is 3.06. The van der Waals surface area contributed by atoms with E-state index >= 15 is 0 Å². The molecule has 2 fully saturated rings. The van der Waals surface area contributed by atoms with Crippen molar-refractivity contribution in [2.45, 2.75) is 150 Å². The lowest BCUT2D eigenvalue weighted by Crippen LogP contribution is -2.75.